The van der Waals surface area contributed by atoms with Gasteiger partial charge in [0.25, 0.3) is 5.56 Å². The summed E-state index contributed by atoms with van der Waals surface area (Å²) in [6.07, 6.45) is 3.07. The molecule has 4 aromatic rings. The Morgan fingerprint density at radius 2 is 1.88 bits per heavy atom. The second kappa shape index (κ2) is 5.57. The molecule has 0 aliphatic heterocycles. The van der Waals surface area contributed by atoms with Crippen LogP contribution in [0.2, 0.25) is 0 Å². The van der Waals surface area contributed by atoms with Gasteiger partial charge in [-0.1, -0.05) is 0 Å². The van der Waals surface area contributed by atoms with Crippen molar-refractivity contribution < 1.29 is 9.47 Å². The lowest BCUT2D eigenvalue weighted by molar-refractivity contribution is 0.403. The Bertz CT molecular complexity index is 1100. The molecule has 8 heteroatoms. The van der Waals surface area contributed by atoms with Crippen molar-refractivity contribution in [2.24, 2.45) is 0 Å². The largest absolute Gasteiger partial charge is 0.497 e. The molecule has 1 aromatic carbocycles. The van der Waals surface area contributed by atoms with Crippen LogP contribution in [-0.2, 0) is 0 Å². The number of ether oxygens (including phenoxy) is 2. The van der Waals surface area contributed by atoms with E-state index in [2.05, 4.69) is 15.1 Å². The minimum absolute atomic E-state index is 0.206. The predicted molar refractivity (Wildman–Crippen MR) is 91.4 cm³/mol. The quantitative estimate of drug-likeness (QED) is 0.570. The van der Waals surface area contributed by atoms with Gasteiger partial charge in [0.05, 0.1) is 31.5 Å². The zero-order chi connectivity index (χ0) is 16.7. The first-order chi connectivity index (χ1) is 11.7. The van der Waals surface area contributed by atoms with E-state index in [4.69, 9.17) is 9.47 Å². The maximum atomic E-state index is 12.8. The van der Waals surface area contributed by atoms with Crippen molar-refractivity contribution in [2.45, 2.75) is 0 Å². The van der Waals surface area contributed by atoms with Crippen LogP contribution in [0.3, 0.4) is 0 Å². The third-order valence-corrected chi connectivity index (χ3v) is 4.79. The van der Waals surface area contributed by atoms with E-state index < -0.39 is 0 Å². The molecule has 0 aliphatic rings. The van der Waals surface area contributed by atoms with Crippen LogP contribution in [0.25, 0.3) is 26.0 Å². The highest BCUT2D eigenvalue weighted by atomic mass is 32.1. The van der Waals surface area contributed by atoms with E-state index in [0.717, 1.165) is 5.75 Å². The number of methoxy groups -OCH3 is 2. The van der Waals surface area contributed by atoms with Crippen molar-refractivity contribution in [1.29, 1.82) is 0 Å². The van der Waals surface area contributed by atoms with Gasteiger partial charge in [-0.3, -0.25) is 4.79 Å². The first-order valence-electron chi connectivity index (χ1n) is 7.07. The Balaban J connectivity index is 1.98. The van der Waals surface area contributed by atoms with Crippen molar-refractivity contribution in [2.75, 3.05) is 14.2 Å². The van der Waals surface area contributed by atoms with Gasteiger partial charge < -0.3 is 9.47 Å². The molecule has 0 saturated carbocycles. The predicted octanol–water partition coefficient (Wildman–Crippen LogP) is 2.41. The standard InChI is InChI=1S/C16H12N4O3S/c1-22-10-5-3-9(4-6-10)20-16(21)13-11(7-19-20)12-14(23-2)17-8-18-15(12)24-13/h3-8H,1-2H3. The molecule has 0 N–H and O–H groups in total. The topological polar surface area (TPSA) is 79.1 Å². The zero-order valence-electron chi connectivity index (χ0n) is 12.9. The number of hydrogen-bond acceptors (Lipinski definition) is 7. The molecule has 0 bridgehead atoms. The van der Waals surface area contributed by atoms with E-state index >= 15 is 0 Å². The Kier molecular flexibility index (Phi) is 3.39. The fourth-order valence-corrected chi connectivity index (χ4v) is 3.57. The highest BCUT2D eigenvalue weighted by Crippen LogP contribution is 2.34. The fraction of sp³-hybridized carbons (Fsp3) is 0.125. The molecule has 0 saturated heterocycles. The van der Waals surface area contributed by atoms with Gasteiger partial charge in [0.15, 0.2) is 0 Å². The molecule has 0 unspecified atom stereocenters. The van der Waals surface area contributed by atoms with Crippen LogP contribution in [-0.4, -0.2) is 34.0 Å². The van der Waals surface area contributed by atoms with Crippen molar-refractivity contribution in [3.8, 4) is 17.3 Å². The lowest BCUT2D eigenvalue weighted by atomic mass is 10.2. The third kappa shape index (κ3) is 2.11. The lowest BCUT2D eigenvalue weighted by Gasteiger charge is -2.05. The number of rotatable bonds is 3. The molecule has 0 fully saturated rings. The summed E-state index contributed by atoms with van der Waals surface area (Å²) in [6, 6.07) is 7.14. The molecule has 0 radical (unpaired) electrons. The number of aromatic nitrogens is 4. The smallest absolute Gasteiger partial charge is 0.289 e. The maximum absolute atomic E-state index is 12.8. The number of fused-ring (bicyclic) bond motifs is 3. The summed E-state index contributed by atoms with van der Waals surface area (Å²) in [6.45, 7) is 0. The average molecular weight is 340 g/mol. The van der Waals surface area contributed by atoms with Crippen molar-refractivity contribution in [1.82, 2.24) is 19.7 Å². The summed E-state index contributed by atoms with van der Waals surface area (Å²) in [5.74, 6) is 1.16. The second-order valence-electron chi connectivity index (χ2n) is 4.97. The van der Waals surface area contributed by atoms with Crippen LogP contribution in [0.1, 0.15) is 0 Å². The van der Waals surface area contributed by atoms with Gasteiger partial charge in [-0.2, -0.15) is 9.78 Å². The van der Waals surface area contributed by atoms with E-state index in [9.17, 15) is 4.79 Å². The van der Waals surface area contributed by atoms with Gasteiger partial charge >= 0.3 is 0 Å². The Morgan fingerprint density at radius 1 is 1.08 bits per heavy atom. The number of thiophene rings is 1. The second-order valence-corrected chi connectivity index (χ2v) is 5.97. The van der Waals surface area contributed by atoms with Gasteiger partial charge in [-0.25, -0.2) is 9.97 Å². The summed E-state index contributed by atoms with van der Waals surface area (Å²) in [4.78, 5) is 21.9. The van der Waals surface area contributed by atoms with Crippen LogP contribution >= 0.6 is 11.3 Å². The van der Waals surface area contributed by atoms with Crippen LogP contribution in [0, 0.1) is 0 Å². The highest BCUT2D eigenvalue weighted by Gasteiger charge is 2.16. The summed E-state index contributed by atoms with van der Waals surface area (Å²) >= 11 is 1.31. The molecule has 4 rings (SSSR count). The molecule has 0 atom stereocenters. The maximum Gasteiger partial charge on any atom is 0.289 e. The first kappa shape index (κ1) is 14.6. The normalized spacial score (nSPS) is 11.1. The minimum atomic E-state index is -0.206. The molecule has 3 heterocycles. The lowest BCUT2D eigenvalue weighted by Crippen LogP contribution is -2.19. The number of hydrogen-bond donors (Lipinski definition) is 0. The molecule has 0 spiro atoms. The molecule has 0 amide bonds. The Morgan fingerprint density at radius 3 is 2.58 bits per heavy atom. The highest BCUT2D eigenvalue weighted by molar-refractivity contribution is 7.25. The van der Waals surface area contributed by atoms with Gasteiger partial charge in [-0.05, 0) is 24.3 Å². The van der Waals surface area contributed by atoms with Crippen molar-refractivity contribution in [3.05, 3.63) is 47.1 Å². The molecular weight excluding hydrogens is 328 g/mol. The van der Waals surface area contributed by atoms with Gasteiger partial charge in [-0.15, -0.1) is 11.3 Å². The first-order valence-corrected chi connectivity index (χ1v) is 7.88. The molecule has 0 aliphatic carbocycles. The van der Waals surface area contributed by atoms with Crippen LogP contribution < -0.4 is 15.0 Å². The van der Waals surface area contributed by atoms with Crippen LogP contribution in [0.4, 0.5) is 0 Å². The summed E-state index contributed by atoms with van der Waals surface area (Å²) in [7, 11) is 3.13. The molecule has 120 valence electrons. The van der Waals surface area contributed by atoms with Crippen molar-refractivity contribution in [3.63, 3.8) is 0 Å². The summed E-state index contributed by atoms with van der Waals surface area (Å²) in [5.41, 5.74) is 0.459. The van der Waals surface area contributed by atoms with Gasteiger partial charge in [0.2, 0.25) is 5.88 Å². The van der Waals surface area contributed by atoms with E-state index in [1.807, 2.05) is 0 Å². The molecule has 3 aromatic heterocycles. The molecular formula is C16H12N4O3S. The van der Waals surface area contributed by atoms with Crippen LogP contribution in [0.5, 0.6) is 11.6 Å². The number of benzene rings is 1. The molecule has 24 heavy (non-hydrogen) atoms. The SMILES string of the molecule is COc1ccc(-n2ncc3c(sc4ncnc(OC)c43)c2=O)cc1. The summed E-state index contributed by atoms with van der Waals surface area (Å²) in [5, 5.41) is 5.70. The van der Waals surface area contributed by atoms with Gasteiger partial charge in [0, 0.05) is 5.39 Å². The average Bonchev–Trinajstić information content (AvgIpc) is 3.02. The van der Waals surface area contributed by atoms with E-state index in [-0.39, 0.29) is 5.56 Å². The number of nitrogens with zero attached hydrogens (tertiary/aromatic N) is 4. The monoisotopic (exact) mass is 340 g/mol. The third-order valence-electron chi connectivity index (χ3n) is 3.69. The fourth-order valence-electron chi connectivity index (χ4n) is 2.54. The van der Waals surface area contributed by atoms with E-state index in [1.54, 1.807) is 37.6 Å². The molecule has 7 nitrogen and oxygen atoms in total. The summed E-state index contributed by atoms with van der Waals surface area (Å²) < 4.78 is 12.3. The zero-order valence-corrected chi connectivity index (χ0v) is 13.7. The van der Waals surface area contributed by atoms with E-state index in [1.165, 1.54) is 29.5 Å². The van der Waals surface area contributed by atoms with Crippen molar-refractivity contribution >= 4 is 31.6 Å². The van der Waals surface area contributed by atoms with Gasteiger partial charge in [0.1, 0.15) is 21.6 Å². The van der Waals surface area contributed by atoms with Crippen LogP contribution in [0.15, 0.2) is 41.6 Å². The van der Waals surface area contributed by atoms with E-state index in [0.29, 0.717) is 31.9 Å². The Hall–Kier alpha value is -3.00. The minimum Gasteiger partial charge on any atom is -0.497 e. The Labute approximate surface area is 140 Å².